The zero-order valence-electron chi connectivity index (χ0n) is 18.5. The fraction of sp³-hybridized carbons (Fsp3) is 0.667. The summed E-state index contributed by atoms with van der Waals surface area (Å²) in [5.41, 5.74) is 4.29. The van der Waals surface area contributed by atoms with Gasteiger partial charge in [0.2, 0.25) is 5.91 Å². The van der Waals surface area contributed by atoms with Gasteiger partial charge in [-0.25, -0.2) is 9.80 Å². The summed E-state index contributed by atoms with van der Waals surface area (Å²) in [7, 11) is 0. The Morgan fingerprint density at radius 2 is 1.77 bits per heavy atom. The normalized spacial score (nSPS) is 30.5. The first-order valence-corrected chi connectivity index (χ1v) is 11.9. The highest BCUT2D eigenvalue weighted by Gasteiger charge is 2.50. The van der Waals surface area contributed by atoms with Gasteiger partial charge in [-0.3, -0.25) is 10.2 Å². The van der Waals surface area contributed by atoms with E-state index in [4.69, 9.17) is 4.74 Å². The average Bonchev–Trinajstić information content (AvgIpc) is 3.21. The van der Waals surface area contributed by atoms with E-state index in [-0.39, 0.29) is 17.5 Å². The van der Waals surface area contributed by atoms with E-state index in [9.17, 15) is 9.59 Å². The van der Waals surface area contributed by atoms with Gasteiger partial charge in [0, 0.05) is 44.2 Å². The number of fused-ring (bicyclic) bond motifs is 2. The third-order valence-electron chi connectivity index (χ3n) is 7.94. The lowest BCUT2D eigenvalue weighted by molar-refractivity contribution is -0.121. The molecule has 4 aliphatic heterocycles. The first-order valence-electron chi connectivity index (χ1n) is 11.9. The van der Waals surface area contributed by atoms with Crippen LogP contribution in [0, 0.1) is 0 Å². The number of carbonyl (C=O) groups is 2. The Morgan fingerprint density at radius 1 is 1.10 bits per heavy atom. The van der Waals surface area contributed by atoms with Crippen molar-refractivity contribution in [3.63, 3.8) is 0 Å². The predicted octanol–water partition coefficient (Wildman–Crippen LogP) is 2.91. The molecule has 4 fully saturated rings. The fourth-order valence-corrected chi connectivity index (χ4v) is 6.37. The summed E-state index contributed by atoms with van der Waals surface area (Å²) in [6, 6.07) is 11.6. The Morgan fingerprint density at radius 3 is 2.42 bits per heavy atom. The van der Waals surface area contributed by atoms with Gasteiger partial charge in [-0.2, -0.15) is 0 Å². The number of hydrogen-bond donors (Lipinski definition) is 1. The van der Waals surface area contributed by atoms with Crippen LogP contribution >= 0.6 is 0 Å². The molecular weight excluding hydrogens is 392 g/mol. The quantitative estimate of drug-likeness (QED) is 0.802. The summed E-state index contributed by atoms with van der Waals surface area (Å²) >= 11 is 0. The van der Waals surface area contributed by atoms with Gasteiger partial charge in [0.15, 0.2) is 0 Å². The Bertz CT molecular complexity index is 794. The molecule has 1 aromatic carbocycles. The second-order valence-corrected chi connectivity index (χ2v) is 9.66. The highest BCUT2D eigenvalue weighted by Crippen LogP contribution is 2.41. The number of nitrogens with zero attached hydrogens (tertiary/aromatic N) is 3. The van der Waals surface area contributed by atoms with E-state index >= 15 is 0 Å². The molecule has 5 rings (SSSR count). The number of hydrogen-bond acceptors (Lipinski definition) is 5. The Hall–Kier alpha value is -2.12. The number of likely N-dealkylation sites (tertiary alicyclic amines) is 1. The molecule has 31 heavy (non-hydrogen) atoms. The summed E-state index contributed by atoms with van der Waals surface area (Å²) in [5, 5.41) is 2.20. The van der Waals surface area contributed by atoms with Crippen molar-refractivity contribution in [1.82, 2.24) is 20.2 Å². The van der Waals surface area contributed by atoms with Crippen molar-refractivity contribution in [3.8, 4) is 0 Å². The molecular formula is C24H34N4O3. The SMILES string of the molecule is CCOC(=O)N1C2CCC1CC(N1CCC3(CC1)CC(=O)NN3Cc1ccccc1)C2. The molecule has 7 nitrogen and oxygen atoms in total. The number of carbonyl (C=O) groups excluding carboxylic acids is 2. The molecule has 1 aromatic rings. The van der Waals surface area contributed by atoms with Crippen LogP contribution in [0.2, 0.25) is 0 Å². The van der Waals surface area contributed by atoms with Gasteiger partial charge >= 0.3 is 6.09 Å². The minimum absolute atomic E-state index is 0.0754. The van der Waals surface area contributed by atoms with Crippen LogP contribution in [0.3, 0.4) is 0 Å². The van der Waals surface area contributed by atoms with Crippen molar-refractivity contribution < 1.29 is 14.3 Å². The van der Waals surface area contributed by atoms with Crippen molar-refractivity contribution in [1.29, 1.82) is 0 Å². The van der Waals surface area contributed by atoms with E-state index in [1.54, 1.807) is 0 Å². The van der Waals surface area contributed by atoms with Gasteiger partial charge < -0.3 is 14.5 Å². The monoisotopic (exact) mass is 426 g/mol. The van der Waals surface area contributed by atoms with E-state index in [1.165, 1.54) is 5.56 Å². The summed E-state index contributed by atoms with van der Waals surface area (Å²) < 4.78 is 5.31. The lowest BCUT2D eigenvalue weighted by Crippen LogP contribution is -2.58. The summed E-state index contributed by atoms with van der Waals surface area (Å²) in [6.45, 7) is 5.11. The maximum atomic E-state index is 12.4. The number of rotatable bonds is 4. The van der Waals surface area contributed by atoms with Crippen LogP contribution in [0.1, 0.15) is 57.4 Å². The molecule has 2 amide bonds. The van der Waals surface area contributed by atoms with Crippen molar-refractivity contribution in [2.75, 3.05) is 19.7 Å². The molecule has 0 saturated carbocycles. The molecule has 4 saturated heterocycles. The molecule has 0 aromatic heterocycles. The van der Waals surface area contributed by atoms with Crippen LogP contribution in [0.5, 0.6) is 0 Å². The minimum atomic E-state index is -0.127. The lowest BCUT2D eigenvalue weighted by atomic mass is 9.83. The first-order chi connectivity index (χ1) is 15.1. The summed E-state index contributed by atoms with van der Waals surface area (Å²) in [6.07, 6.45) is 6.78. The number of hydrazine groups is 1. The van der Waals surface area contributed by atoms with Crippen LogP contribution in [-0.2, 0) is 16.1 Å². The zero-order valence-corrected chi connectivity index (χ0v) is 18.5. The van der Waals surface area contributed by atoms with Gasteiger partial charge in [-0.05, 0) is 51.0 Å². The molecule has 1 N–H and O–H groups in total. The number of ether oxygens (including phenoxy) is 1. The third-order valence-corrected chi connectivity index (χ3v) is 7.94. The molecule has 2 atom stereocenters. The fourth-order valence-electron chi connectivity index (χ4n) is 6.37. The maximum Gasteiger partial charge on any atom is 0.410 e. The van der Waals surface area contributed by atoms with E-state index < -0.39 is 0 Å². The van der Waals surface area contributed by atoms with Crippen molar-refractivity contribution >= 4 is 12.0 Å². The molecule has 1 spiro atoms. The molecule has 168 valence electrons. The van der Waals surface area contributed by atoms with E-state index in [1.807, 2.05) is 17.9 Å². The van der Waals surface area contributed by atoms with Crippen molar-refractivity contribution in [2.45, 2.75) is 82.1 Å². The smallest absolute Gasteiger partial charge is 0.410 e. The zero-order chi connectivity index (χ0) is 21.4. The molecule has 0 aliphatic carbocycles. The van der Waals surface area contributed by atoms with E-state index in [2.05, 4.69) is 39.6 Å². The van der Waals surface area contributed by atoms with Gasteiger partial charge in [0.1, 0.15) is 0 Å². The van der Waals surface area contributed by atoms with E-state index in [0.29, 0.717) is 31.2 Å². The number of amides is 2. The second kappa shape index (κ2) is 8.43. The molecule has 2 bridgehead atoms. The number of benzene rings is 1. The van der Waals surface area contributed by atoms with Crippen LogP contribution in [0.4, 0.5) is 4.79 Å². The van der Waals surface area contributed by atoms with Crippen LogP contribution in [0.25, 0.3) is 0 Å². The second-order valence-electron chi connectivity index (χ2n) is 9.66. The topological polar surface area (TPSA) is 65.1 Å². The Balaban J connectivity index is 1.21. The van der Waals surface area contributed by atoms with Gasteiger partial charge in [-0.15, -0.1) is 0 Å². The number of nitrogens with one attached hydrogen (secondary N) is 1. The summed E-state index contributed by atoms with van der Waals surface area (Å²) in [5.74, 6) is 0.144. The first kappa shape index (κ1) is 20.8. The highest BCUT2D eigenvalue weighted by molar-refractivity contribution is 5.79. The van der Waals surface area contributed by atoms with Crippen LogP contribution in [0.15, 0.2) is 30.3 Å². The molecule has 2 unspecified atom stereocenters. The highest BCUT2D eigenvalue weighted by atomic mass is 16.6. The van der Waals surface area contributed by atoms with Crippen LogP contribution < -0.4 is 5.43 Å². The maximum absolute atomic E-state index is 12.4. The van der Waals surface area contributed by atoms with Gasteiger partial charge in [0.25, 0.3) is 0 Å². The van der Waals surface area contributed by atoms with Gasteiger partial charge in [0.05, 0.1) is 12.1 Å². The molecule has 0 radical (unpaired) electrons. The lowest BCUT2D eigenvalue weighted by Gasteiger charge is -2.48. The molecule has 4 aliphatic rings. The average molecular weight is 427 g/mol. The minimum Gasteiger partial charge on any atom is -0.450 e. The molecule has 4 heterocycles. The summed E-state index contributed by atoms with van der Waals surface area (Å²) in [4.78, 5) is 29.4. The largest absolute Gasteiger partial charge is 0.450 e. The predicted molar refractivity (Wildman–Crippen MR) is 117 cm³/mol. The molecule has 7 heteroatoms. The standard InChI is InChI=1S/C24H34N4O3/c1-2-31-23(30)28-19-8-9-20(28)15-21(14-19)26-12-10-24(11-13-26)16-22(29)25-27(24)17-18-6-4-3-5-7-18/h3-7,19-21H,2,8-17H2,1H3,(H,25,29). The van der Waals surface area contributed by atoms with Crippen molar-refractivity contribution in [3.05, 3.63) is 35.9 Å². The Kier molecular flexibility index (Phi) is 5.65. The Labute approximate surface area is 184 Å². The van der Waals surface area contributed by atoms with Crippen molar-refractivity contribution in [2.24, 2.45) is 0 Å². The van der Waals surface area contributed by atoms with E-state index in [0.717, 1.165) is 58.2 Å². The van der Waals surface area contributed by atoms with Crippen LogP contribution in [-0.4, -0.2) is 70.2 Å². The third kappa shape index (κ3) is 3.94. The van der Waals surface area contributed by atoms with Gasteiger partial charge in [-0.1, -0.05) is 30.3 Å². The number of piperidine rings is 2.